The maximum absolute atomic E-state index is 11.0. The van der Waals surface area contributed by atoms with E-state index in [4.69, 9.17) is 10.5 Å². The van der Waals surface area contributed by atoms with Crippen LogP contribution in [-0.2, 0) is 0 Å². The lowest BCUT2D eigenvalue weighted by Gasteiger charge is -2.09. The van der Waals surface area contributed by atoms with Gasteiger partial charge in [0.25, 0.3) is 0 Å². The van der Waals surface area contributed by atoms with Crippen LogP contribution in [0, 0.1) is 17.0 Å². The number of para-hydroxylation sites is 3. The third-order valence-electron chi connectivity index (χ3n) is 2.52. The van der Waals surface area contributed by atoms with Crippen LogP contribution in [0.3, 0.4) is 0 Å². The molecule has 0 saturated carbocycles. The summed E-state index contributed by atoms with van der Waals surface area (Å²) in [5.41, 5.74) is 6.68. The number of nitrogens with two attached hydrogens (primary N) is 1. The maximum Gasteiger partial charge on any atom is 0.314 e. The molecule has 0 radical (unpaired) electrons. The summed E-state index contributed by atoms with van der Waals surface area (Å²) in [6.07, 6.45) is 0. The van der Waals surface area contributed by atoms with E-state index in [-0.39, 0.29) is 11.4 Å². The third kappa shape index (κ3) is 2.24. The number of nitro groups is 1. The first-order chi connectivity index (χ1) is 8.59. The summed E-state index contributed by atoms with van der Waals surface area (Å²) in [5, 5.41) is 11.0. The minimum atomic E-state index is -0.455. The molecule has 0 spiro atoms. The van der Waals surface area contributed by atoms with Crippen LogP contribution < -0.4 is 10.5 Å². The van der Waals surface area contributed by atoms with Gasteiger partial charge in [-0.2, -0.15) is 0 Å². The molecule has 0 aliphatic rings. The molecule has 92 valence electrons. The number of rotatable bonds is 3. The molecule has 0 unspecified atom stereocenters. The Bertz CT molecular complexity index is 597. The van der Waals surface area contributed by atoms with E-state index in [9.17, 15) is 10.1 Å². The Hall–Kier alpha value is -2.56. The predicted octanol–water partition coefficient (Wildman–Crippen LogP) is 3.28. The van der Waals surface area contributed by atoms with Crippen molar-refractivity contribution < 1.29 is 9.66 Å². The minimum absolute atomic E-state index is 0.0410. The number of anilines is 1. The van der Waals surface area contributed by atoms with E-state index in [1.54, 1.807) is 49.4 Å². The molecule has 18 heavy (non-hydrogen) atoms. The normalized spacial score (nSPS) is 10.1. The summed E-state index contributed by atoms with van der Waals surface area (Å²) in [6.45, 7) is 1.67. The number of hydrogen-bond acceptors (Lipinski definition) is 4. The molecule has 0 saturated heterocycles. The highest BCUT2D eigenvalue weighted by molar-refractivity contribution is 5.58. The van der Waals surface area contributed by atoms with E-state index in [2.05, 4.69) is 0 Å². The lowest BCUT2D eigenvalue weighted by atomic mass is 10.2. The van der Waals surface area contributed by atoms with Gasteiger partial charge in [0.15, 0.2) is 5.75 Å². The highest BCUT2D eigenvalue weighted by Gasteiger charge is 2.19. The number of benzene rings is 2. The van der Waals surface area contributed by atoms with E-state index >= 15 is 0 Å². The van der Waals surface area contributed by atoms with Crippen molar-refractivity contribution in [2.45, 2.75) is 6.92 Å². The fourth-order valence-electron chi connectivity index (χ4n) is 1.64. The Labute approximate surface area is 104 Å². The second-order valence-corrected chi connectivity index (χ2v) is 3.82. The molecule has 0 atom stereocenters. The largest absolute Gasteiger partial charge is 0.448 e. The molecule has 5 heteroatoms. The molecule has 2 aromatic carbocycles. The second-order valence-electron chi connectivity index (χ2n) is 3.82. The van der Waals surface area contributed by atoms with Crippen LogP contribution in [-0.4, -0.2) is 4.92 Å². The van der Waals surface area contributed by atoms with Gasteiger partial charge >= 0.3 is 5.69 Å². The van der Waals surface area contributed by atoms with Gasteiger partial charge in [0.1, 0.15) is 0 Å². The first-order valence-electron chi connectivity index (χ1n) is 5.36. The molecule has 0 amide bonds. The fraction of sp³-hybridized carbons (Fsp3) is 0.0769. The summed E-state index contributed by atoms with van der Waals surface area (Å²) < 4.78 is 5.52. The van der Waals surface area contributed by atoms with Crippen LogP contribution >= 0.6 is 0 Å². The third-order valence-corrected chi connectivity index (χ3v) is 2.52. The van der Waals surface area contributed by atoms with Crippen LogP contribution in [0.2, 0.25) is 0 Å². The van der Waals surface area contributed by atoms with Crippen molar-refractivity contribution in [1.29, 1.82) is 0 Å². The van der Waals surface area contributed by atoms with Crippen LogP contribution in [0.5, 0.6) is 11.5 Å². The zero-order chi connectivity index (χ0) is 13.1. The number of ether oxygens (including phenoxy) is 1. The molecule has 2 N–H and O–H groups in total. The van der Waals surface area contributed by atoms with E-state index in [1.807, 2.05) is 0 Å². The number of nitrogens with zero attached hydrogens (tertiary/aromatic N) is 1. The minimum Gasteiger partial charge on any atom is -0.448 e. The number of aryl methyl sites for hydroxylation is 1. The predicted molar refractivity (Wildman–Crippen MR) is 68.8 cm³/mol. The van der Waals surface area contributed by atoms with Crippen LogP contribution in [0.15, 0.2) is 42.5 Å². The van der Waals surface area contributed by atoms with Crippen molar-refractivity contribution >= 4 is 11.4 Å². The van der Waals surface area contributed by atoms with E-state index < -0.39 is 4.92 Å². The molecule has 0 aromatic heterocycles. The summed E-state index contributed by atoms with van der Waals surface area (Å²) in [5.74, 6) is 0.601. The van der Waals surface area contributed by atoms with Crippen LogP contribution in [0.4, 0.5) is 11.4 Å². The molecular weight excluding hydrogens is 232 g/mol. The van der Waals surface area contributed by atoms with Gasteiger partial charge in [-0.05, 0) is 25.1 Å². The molecule has 2 rings (SSSR count). The number of nitro benzene ring substituents is 1. The Morgan fingerprint density at radius 2 is 1.78 bits per heavy atom. The van der Waals surface area contributed by atoms with Gasteiger partial charge in [-0.3, -0.25) is 10.1 Å². The first-order valence-corrected chi connectivity index (χ1v) is 5.36. The van der Waals surface area contributed by atoms with Crippen molar-refractivity contribution in [3.05, 3.63) is 58.1 Å². The first kappa shape index (κ1) is 11.9. The van der Waals surface area contributed by atoms with Gasteiger partial charge in [0.05, 0.1) is 10.6 Å². The summed E-state index contributed by atoms with van der Waals surface area (Å²) in [7, 11) is 0. The van der Waals surface area contributed by atoms with E-state index in [1.165, 1.54) is 0 Å². The SMILES string of the molecule is Cc1cccc(Oc2ccccc2N)c1[N+](=O)[O-]. The highest BCUT2D eigenvalue weighted by atomic mass is 16.6. The van der Waals surface area contributed by atoms with E-state index in [0.717, 1.165) is 0 Å². The van der Waals surface area contributed by atoms with Crippen LogP contribution in [0.1, 0.15) is 5.56 Å². The topological polar surface area (TPSA) is 78.4 Å². The maximum atomic E-state index is 11.0. The zero-order valence-corrected chi connectivity index (χ0v) is 9.79. The van der Waals surface area contributed by atoms with Crippen LogP contribution in [0.25, 0.3) is 0 Å². The molecule has 5 nitrogen and oxygen atoms in total. The monoisotopic (exact) mass is 244 g/mol. The Balaban J connectivity index is 2.44. The van der Waals surface area contributed by atoms with Gasteiger partial charge in [-0.15, -0.1) is 0 Å². The molecular formula is C13H12N2O3. The molecule has 0 aliphatic heterocycles. The summed E-state index contributed by atoms with van der Waals surface area (Å²) in [4.78, 5) is 10.6. The Kier molecular flexibility index (Phi) is 3.14. The number of hydrogen-bond donors (Lipinski definition) is 1. The van der Waals surface area contributed by atoms with Gasteiger partial charge in [-0.1, -0.05) is 24.3 Å². The highest BCUT2D eigenvalue weighted by Crippen LogP contribution is 2.35. The lowest BCUT2D eigenvalue weighted by Crippen LogP contribution is -1.97. The number of nitrogen functional groups attached to an aromatic ring is 1. The molecule has 0 bridgehead atoms. The molecule has 0 fully saturated rings. The quantitative estimate of drug-likeness (QED) is 0.510. The van der Waals surface area contributed by atoms with Gasteiger partial charge in [0.2, 0.25) is 5.75 Å². The Morgan fingerprint density at radius 3 is 2.44 bits per heavy atom. The molecule has 0 heterocycles. The van der Waals surface area contributed by atoms with Gasteiger partial charge < -0.3 is 10.5 Å². The Morgan fingerprint density at radius 1 is 1.11 bits per heavy atom. The average molecular weight is 244 g/mol. The van der Waals surface area contributed by atoms with Crippen molar-refractivity contribution in [3.8, 4) is 11.5 Å². The molecule has 0 aliphatic carbocycles. The lowest BCUT2D eigenvalue weighted by molar-refractivity contribution is -0.386. The second kappa shape index (κ2) is 4.75. The smallest absolute Gasteiger partial charge is 0.314 e. The summed E-state index contributed by atoms with van der Waals surface area (Å²) >= 11 is 0. The zero-order valence-electron chi connectivity index (χ0n) is 9.79. The summed E-state index contributed by atoms with van der Waals surface area (Å²) in [6, 6.07) is 11.8. The van der Waals surface area contributed by atoms with Gasteiger partial charge in [0, 0.05) is 5.56 Å². The molecule has 2 aromatic rings. The fourth-order valence-corrected chi connectivity index (χ4v) is 1.64. The average Bonchev–Trinajstić information content (AvgIpc) is 2.31. The van der Waals surface area contributed by atoms with Crippen molar-refractivity contribution in [3.63, 3.8) is 0 Å². The van der Waals surface area contributed by atoms with Crippen molar-refractivity contribution in [1.82, 2.24) is 0 Å². The standard InChI is InChI=1S/C13H12N2O3/c1-9-5-4-8-12(13(9)15(16)17)18-11-7-3-2-6-10(11)14/h2-8H,14H2,1H3. The van der Waals surface area contributed by atoms with E-state index in [0.29, 0.717) is 17.0 Å². The van der Waals surface area contributed by atoms with Gasteiger partial charge in [-0.25, -0.2) is 0 Å². The van der Waals surface area contributed by atoms with Crippen molar-refractivity contribution in [2.24, 2.45) is 0 Å². The van der Waals surface area contributed by atoms with Crippen molar-refractivity contribution in [2.75, 3.05) is 5.73 Å².